The number of hydrogen-bond donors (Lipinski definition) is 1. The molecule has 1 N–H and O–H groups in total. The van der Waals surface area contributed by atoms with Crippen LogP contribution < -0.4 is 15.6 Å². The van der Waals surface area contributed by atoms with Gasteiger partial charge in [-0.3, -0.25) is 14.2 Å². The highest BCUT2D eigenvalue weighted by atomic mass is 19.1. The molecule has 0 bridgehead atoms. The number of ether oxygens (including phenoxy) is 1. The van der Waals surface area contributed by atoms with E-state index in [1.165, 1.54) is 12.1 Å². The Bertz CT molecular complexity index is 1060. The molecular weight excluding hydrogens is 337 g/mol. The topological polar surface area (TPSA) is 73.2 Å². The molecule has 0 atom stereocenters. The molecule has 0 saturated heterocycles. The van der Waals surface area contributed by atoms with Crippen LogP contribution in [0.4, 0.5) is 10.1 Å². The molecule has 132 valence electrons. The lowest BCUT2D eigenvalue weighted by Gasteiger charge is -2.09. The van der Waals surface area contributed by atoms with Crippen molar-refractivity contribution in [1.82, 2.24) is 9.55 Å². The van der Waals surface area contributed by atoms with Gasteiger partial charge >= 0.3 is 0 Å². The zero-order valence-corrected chi connectivity index (χ0v) is 13.9. The Morgan fingerprint density at radius 2 is 2.12 bits per heavy atom. The lowest BCUT2D eigenvalue weighted by molar-refractivity contribution is -0.118. The Balaban J connectivity index is 1.50. The average molecular weight is 353 g/mol. The van der Waals surface area contributed by atoms with Crippen LogP contribution in [-0.4, -0.2) is 22.1 Å². The molecule has 1 aliphatic rings. The predicted octanol–water partition coefficient (Wildman–Crippen LogP) is 2.50. The number of aromatic nitrogens is 2. The number of halogens is 1. The molecule has 0 unspecified atom stereocenters. The monoisotopic (exact) mass is 353 g/mol. The van der Waals surface area contributed by atoms with Crippen molar-refractivity contribution in [3.63, 3.8) is 0 Å². The number of fused-ring (bicyclic) bond motifs is 2. The fourth-order valence-electron chi connectivity index (χ4n) is 3.05. The number of benzene rings is 2. The molecule has 2 aromatic carbocycles. The SMILES string of the molecule is O=C(COc1ccc2nc3n(c(=O)c2c1)CCC3)Nc1ccccc1F. The second kappa shape index (κ2) is 6.59. The van der Waals surface area contributed by atoms with E-state index in [1.54, 1.807) is 34.9 Å². The number of carbonyl (C=O) groups is 1. The minimum atomic E-state index is -0.514. The zero-order valence-electron chi connectivity index (χ0n) is 13.9. The third-order valence-corrected chi connectivity index (χ3v) is 4.30. The lowest BCUT2D eigenvalue weighted by Crippen LogP contribution is -2.22. The molecule has 0 fully saturated rings. The van der Waals surface area contributed by atoms with E-state index in [-0.39, 0.29) is 17.9 Å². The number of anilines is 1. The number of nitrogens with zero attached hydrogens (tertiary/aromatic N) is 2. The molecule has 3 aromatic rings. The van der Waals surface area contributed by atoms with Crippen molar-refractivity contribution in [1.29, 1.82) is 0 Å². The van der Waals surface area contributed by atoms with Gasteiger partial charge in [0, 0.05) is 13.0 Å². The molecule has 0 saturated carbocycles. The van der Waals surface area contributed by atoms with E-state index in [0.717, 1.165) is 18.7 Å². The molecule has 26 heavy (non-hydrogen) atoms. The van der Waals surface area contributed by atoms with Gasteiger partial charge in [0.1, 0.15) is 17.4 Å². The normalized spacial score (nSPS) is 12.8. The van der Waals surface area contributed by atoms with Gasteiger partial charge in [-0.15, -0.1) is 0 Å². The molecule has 0 radical (unpaired) electrons. The third kappa shape index (κ3) is 3.03. The Hall–Kier alpha value is -3.22. The highest BCUT2D eigenvalue weighted by Crippen LogP contribution is 2.20. The number of aryl methyl sites for hydroxylation is 1. The number of para-hydroxylation sites is 1. The maximum absolute atomic E-state index is 13.5. The first-order chi connectivity index (χ1) is 12.6. The molecule has 4 rings (SSSR count). The Morgan fingerprint density at radius 3 is 2.96 bits per heavy atom. The highest BCUT2D eigenvalue weighted by Gasteiger charge is 2.16. The second-order valence-electron chi connectivity index (χ2n) is 6.08. The predicted molar refractivity (Wildman–Crippen MR) is 94.8 cm³/mol. The maximum atomic E-state index is 13.5. The summed E-state index contributed by atoms with van der Waals surface area (Å²) >= 11 is 0. The summed E-state index contributed by atoms with van der Waals surface area (Å²) in [4.78, 5) is 29.0. The maximum Gasteiger partial charge on any atom is 0.262 e. The van der Waals surface area contributed by atoms with E-state index in [4.69, 9.17) is 4.74 Å². The second-order valence-corrected chi connectivity index (χ2v) is 6.08. The Kier molecular flexibility index (Phi) is 4.12. The fourth-order valence-corrected chi connectivity index (χ4v) is 3.05. The fraction of sp³-hybridized carbons (Fsp3) is 0.211. The van der Waals surface area contributed by atoms with Crippen molar-refractivity contribution in [2.75, 3.05) is 11.9 Å². The summed E-state index contributed by atoms with van der Waals surface area (Å²) in [5.74, 6) is 0.192. The largest absolute Gasteiger partial charge is 0.484 e. The standard InChI is InChI=1S/C19H16FN3O3/c20-14-4-1-2-5-16(14)22-18(24)11-26-12-7-8-15-13(10-12)19(25)23-9-3-6-17(23)21-15/h1-2,4-5,7-8,10H,3,6,9,11H2,(H,22,24). The van der Waals surface area contributed by atoms with Crippen molar-refractivity contribution < 1.29 is 13.9 Å². The summed E-state index contributed by atoms with van der Waals surface area (Å²) in [6, 6.07) is 10.9. The van der Waals surface area contributed by atoms with Crippen LogP contribution in [-0.2, 0) is 17.8 Å². The van der Waals surface area contributed by atoms with Crippen LogP contribution in [0, 0.1) is 5.82 Å². The molecule has 0 spiro atoms. The highest BCUT2D eigenvalue weighted by molar-refractivity contribution is 5.92. The first-order valence-corrected chi connectivity index (χ1v) is 8.32. The molecule has 1 amide bonds. The van der Waals surface area contributed by atoms with E-state index in [2.05, 4.69) is 10.3 Å². The molecule has 2 heterocycles. The van der Waals surface area contributed by atoms with Crippen LogP contribution in [0.1, 0.15) is 12.2 Å². The number of hydrogen-bond acceptors (Lipinski definition) is 4. The summed E-state index contributed by atoms with van der Waals surface area (Å²) in [6.45, 7) is 0.382. The van der Waals surface area contributed by atoms with E-state index in [0.29, 0.717) is 23.2 Å². The van der Waals surface area contributed by atoms with Crippen LogP contribution in [0.5, 0.6) is 5.75 Å². The van der Waals surface area contributed by atoms with Crippen molar-refractivity contribution in [2.45, 2.75) is 19.4 Å². The van der Waals surface area contributed by atoms with Crippen molar-refractivity contribution in [2.24, 2.45) is 0 Å². The van der Waals surface area contributed by atoms with E-state index in [9.17, 15) is 14.0 Å². The van der Waals surface area contributed by atoms with Gasteiger partial charge in [0.2, 0.25) is 0 Å². The first kappa shape index (κ1) is 16.3. The average Bonchev–Trinajstić information content (AvgIpc) is 3.11. The summed E-state index contributed by atoms with van der Waals surface area (Å²) in [6.07, 6.45) is 1.72. The van der Waals surface area contributed by atoms with Crippen molar-refractivity contribution in [3.8, 4) is 5.75 Å². The zero-order chi connectivity index (χ0) is 18.1. The molecule has 1 aromatic heterocycles. The number of rotatable bonds is 4. The molecule has 1 aliphatic heterocycles. The van der Waals surface area contributed by atoms with Gasteiger partial charge in [0.25, 0.3) is 11.5 Å². The third-order valence-electron chi connectivity index (χ3n) is 4.30. The minimum Gasteiger partial charge on any atom is -0.484 e. The molecule has 6 nitrogen and oxygen atoms in total. The van der Waals surface area contributed by atoms with Gasteiger partial charge < -0.3 is 10.1 Å². The van der Waals surface area contributed by atoms with Crippen molar-refractivity contribution in [3.05, 3.63) is 64.5 Å². The lowest BCUT2D eigenvalue weighted by atomic mass is 10.2. The van der Waals surface area contributed by atoms with Crippen LogP contribution in [0.3, 0.4) is 0 Å². The van der Waals surface area contributed by atoms with Gasteiger partial charge in [0.05, 0.1) is 16.6 Å². The van der Waals surface area contributed by atoms with Gasteiger partial charge in [-0.2, -0.15) is 0 Å². The Morgan fingerprint density at radius 1 is 1.27 bits per heavy atom. The summed E-state index contributed by atoms with van der Waals surface area (Å²) < 4.78 is 20.7. The van der Waals surface area contributed by atoms with E-state index in [1.807, 2.05) is 0 Å². The van der Waals surface area contributed by atoms with E-state index >= 15 is 0 Å². The van der Waals surface area contributed by atoms with Crippen LogP contribution in [0.2, 0.25) is 0 Å². The smallest absolute Gasteiger partial charge is 0.262 e. The quantitative estimate of drug-likeness (QED) is 0.782. The summed E-state index contributed by atoms with van der Waals surface area (Å²) in [7, 11) is 0. The minimum absolute atomic E-state index is 0.0937. The van der Waals surface area contributed by atoms with Crippen LogP contribution >= 0.6 is 0 Å². The number of nitrogens with one attached hydrogen (secondary N) is 1. The van der Waals surface area contributed by atoms with Gasteiger partial charge in [-0.1, -0.05) is 12.1 Å². The summed E-state index contributed by atoms with van der Waals surface area (Å²) in [5.41, 5.74) is 0.618. The molecule has 7 heteroatoms. The Labute approximate surface area is 148 Å². The van der Waals surface area contributed by atoms with Gasteiger partial charge in [-0.05, 0) is 36.8 Å². The number of amides is 1. The first-order valence-electron chi connectivity index (χ1n) is 8.32. The van der Waals surface area contributed by atoms with Crippen LogP contribution in [0.15, 0.2) is 47.3 Å². The molecule has 0 aliphatic carbocycles. The van der Waals surface area contributed by atoms with Crippen LogP contribution in [0.25, 0.3) is 10.9 Å². The number of carbonyl (C=O) groups excluding carboxylic acids is 1. The van der Waals surface area contributed by atoms with E-state index < -0.39 is 11.7 Å². The van der Waals surface area contributed by atoms with Gasteiger partial charge in [-0.25, -0.2) is 9.37 Å². The molecular formula is C19H16FN3O3. The summed E-state index contributed by atoms with van der Waals surface area (Å²) in [5, 5.41) is 2.91. The van der Waals surface area contributed by atoms with Gasteiger partial charge in [0.15, 0.2) is 6.61 Å². The van der Waals surface area contributed by atoms with Crippen molar-refractivity contribution >= 4 is 22.5 Å².